The fourth-order valence-corrected chi connectivity index (χ4v) is 5.43. The minimum absolute atomic E-state index is 0.109. The third kappa shape index (κ3) is 6.43. The van der Waals surface area contributed by atoms with E-state index in [-0.39, 0.29) is 16.9 Å². The van der Waals surface area contributed by atoms with E-state index in [9.17, 15) is 24.2 Å². The molecule has 4 rings (SSSR count). The average molecular weight is 493 g/mol. The summed E-state index contributed by atoms with van der Waals surface area (Å²) < 4.78 is 11.4. The summed E-state index contributed by atoms with van der Waals surface area (Å²) in [6, 6.07) is 19.5. The Labute approximate surface area is 207 Å². The van der Waals surface area contributed by atoms with Crippen LogP contribution in [0, 0.1) is 20.8 Å². The van der Waals surface area contributed by atoms with Crippen molar-refractivity contribution in [3.05, 3.63) is 100 Å². The Hall–Kier alpha value is -2.85. The highest BCUT2D eigenvalue weighted by molar-refractivity contribution is 7.47. The predicted molar refractivity (Wildman–Crippen MR) is 140 cm³/mol. The van der Waals surface area contributed by atoms with Gasteiger partial charge in [-0.05, 0) is 50.8 Å². The maximum Gasteiger partial charge on any atom is 0.218 e. The van der Waals surface area contributed by atoms with Crippen LogP contribution < -0.4 is 5.30 Å². The van der Waals surface area contributed by atoms with Gasteiger partial charge in [0.25, 0.3) is 0 Å². The molecule has 1 atom stereocenters. The highest BCUT2D eigenvalue weighted by Crippen LogP contribution is 2.31. The molecule has 2 N–H and O–H groups in total. The first-order valence-electron chi connectivity index (χ1n) is 11.9. The first kappa shape index (κ1) is 26.7. The molecule has 1 aliphatic carbocycles. The van der Waals surface area contributed by atoms with Crippen LogP contribution >= 0.6 is 8.03 Å². The molecule has 3 aromatic carbocycles. The SMILES string of the molecule is Cc1cc(C)c(C(=O)c2ccccc2[PH](=O)O)c(C)c1.O=C(c1ccccc1)C1(O)CCCCC1. The summed E-state index contributed by atoms with van der Waals surface area (Å²) >= 11 is 0. The number of aliphatic hydroxyl groups is 1. The lowest BCUT2D eigenvalue weighted by molar-refractivity contribution is 0.0116. The molecule has 0 amide bonds. The fraction of sp³-hybridized carbons (Fsp3) is 0.310. The number of ketones is 2. The Kier molecular flexibility index (Phi) is 8.96. The first-order chi connectivity index (χ1) is 16.6. The Balaban J connectivity index is 0.000000203. The van der Waals surface area contributed by atoms with Gasteiger partial charge in [-0.3, -0.25) is 14.2 Å². The molecule has 5 nitrogen and oxygen atoms in total. The zero-order valence-electron chi connectivity index (χ0n) is 20.5. The van der Waals surface area contributed by atoms with Crippen molar-refractivity contribution in [2.24, 2.45) is 0 Å². The van der Waals surface area contributed by atoms with Crippen molar-refractivity contribution in [3.8, 4) is 0 Å². The number of rotatable bonds is 5. The molecule has 184 valence electrons. The van der Waals surface area contributed by atoms with Crippen LogP contribution in [0.2, 0.25) is 0 Å². The lowest BCUT2D eigenvalue weighted by atomic mass is 9.79. The Morgan fingerprint density at radius 3 is 1.94 bits per heavy atom. The molecule has 6 heteroatoms. The Morgan fingerprint density at radius 1 is 0.829 bits per heavy atom. The summed E-state index contributed by atoms with van der Waals surface area (Å²) in [7, 11) is -2.90. The number of carbonyl (C=O) groups is 2. The third-order valence-corrected chi connectivity index (χ3v) is 7.34. The monoisotopic (exact) mass is 492 g/mol. The molecule has 1 aliphatic rings. The van der Waals surface area contributed by atoms with Gasteiger partial charge in [-0.15, -0.1) is 0 Å². The first-order valence-corrected chi connectivity index (χ1v) is 13.3. The van der Waals surface area contributed by atoms with Gasteiger partial charge in [0.1, 0.15) is 5.60 Å². The van der Waals surface area contributed by atoms with Gasteiger partial charge in [0.05, 0.1) is 0 Å². The molecule has 0 radical (unpaired) electrons. The minimum Gasteiger partial charge on any atom is -0.382 e. The Bertz CT molecular complexity index is 1200. The maximum absolute atomic E-state index is 12.7. The van der Waals surface area contributed by atoms with E-state index in [2.05, 4.69) is 0 Å². The number of benzene rings is 3. The van der Waals surface area contributed by atoms with Crippen molar-refractivity contribution < 1.29 is 24.2 Å². The van der Waals surface area contributed by atoms with Gasteiger partial charge < -0.3 is 10.00 Å². The van der Waals surface area contributed by atoms with Crippen LogP contribution in [0.3, 0.4) is 0 Å². The topological polar surface area (TPSA) is 91.7 Å². The zero-order valence-corrected chi connectivity index (χ0v) is 21.5. The maximum atomic E-state index is 12.7. The van der Waals surface area contributed by atoms with E-state index in [1.165, 1.54) is 6.07 Å². The van der Waals surface area contributed by atoms with Crippen molar-refractivity contribution >= 4 is 24.9 Å². The molecule has 0 aromatic heterocycles. The summed E-state index contributed by atoms with van der Waals surface area (Å²) in [5.74, 6) is -0.300. The number of Topliss-reactive ketones (excluding diaryl/α,β-unsaturated/α-hetero) is 1. The quantitative estimate of drug-likeness (QED) is 0.363. The molecular weight excluding hydrogens is 459 g/mol. The highest BCUT2D eigenvalue weighted by Gasteiger charge is 2.37. The van der Waals surface area contributed by atoms with Gasteiger partial charge in [-0.2, -0.15) is 0 Å². The van der Waals surface area contributed by atoms with E-state index < -0.39 is 13.6 Å². The van der Waals surface area contributed by atoms with Crippen molar-refractivity contribution in [2.75, 3.05) is 0 Å². The fourth-order valence-electron chi connectivity index (χ4n) is 4.76. The minimum atomic E-state index is -2.90. The molecule has 1 unspecified atom stereocenters. The molecular formula is C29H33O5P. The van der Waals surface area contributed by atoms with Crippen LogP contribution in [-0.2, 0) is 4.57 Å². The van der Waals surface area contributed by atoms with Crippen molar-refractivity contribution in [3.63, 3.8) is 0 Å². The molecule has 1 saturated carbocycles. The van der Waals surface area contributed by atoms with E-state index in [0.29, 0.717) is 29.5 Å². The van der Waals surface area contributed by atoms with Crippen LogP contribution in [0.1, 0.15) is 75.1 Å². The van der Waals surface area contributed by atoms with Gasteiger partial charge in [0.15, 0.2) is 11.6 Å². The molecule has 0 aliphatic heterocycles. The largest absolute Gasteiger partial charge is 0.382 e. The number of aryl methyl sites for hydroxylation is 3. The molecule has 0 heterocycles. The second-order valence-corrected chi connectivity index (χ2v) is 10.4. The van der Waals surface area contributed by atoms with Crippen molar-refractivity contribution in [1.29, 1.82) is 0 Å². The smallest absolute Gasteiger partial charge is 0.218 e. The predicted octanol–water partition coefficient (Wildman–Crippen LogP) is 5.50. The second kappa shape index (κ2) is 11.7. The standard InChI is InChI=1S/C16H17O3P.C13H16O2/c1-10-8-11(2)15(12(3)9-10)16(17)13-6-4-5-7-14(13)20(18)19;14-12(11-7-3-1-4-8-11)13(15)9-5-2-6-10-13/h4-9,20H,1-3H3,(H,18,19);1,3-4,7-8,15H,2,5-6,9-10H2. The van der Waals surface area contributed by atoms with E-state index in [4.69, 9.17) is 0 Å². The number of hydrogen-bond donors (Lipinski definition) is 2. The molecule has 3 aromatic rings. The summed E-state index contributed by atoms with van der Waals surface area (Å²) in [5, 5.41) is 10.5. The van der Waals surface area contributed by atoms with Crippen molar-refractivity contribution in [2.45, 2.75) is 58.5 Å². The zero-order chi connectivity index (χ0) is 25.6. The van der Waals surface area contributed by atoms with E-state index in [1.807, 2.05) is 51.1 Å². The van der Waals surface area contributed by atoms with Crippen LogP contribution in [0.25, 0.3) is 0 Å². The summed E-state index contributed by atoms with van der Waals surface area (Å²) in [6.07, 6.45) is 4.26. The van der Waals surface area contributed by atoms with E-state index in [1.54, 1.807) is 30.3 Å². The molecule has 1 fully saturated rings. The summed E-state index contributed by atoms with van der Waals surface area (Å²) in [6.45, 7) is 5.75. The van der Waals surface area contributed by atoms with Crippen molar-refractivity contribution in [1.82, 2.24) is 0 Å². The highest BCUT2D eigenvalue weighted by atomic mass is 31.1. The lowest BCUT2D eigenvalue weighted by Gasteiger charge is -2.30. The summed E-state index contributed by atoms with van der Waals surface area (Å²) in [4.78, 5) is 34.1. The summed E-state index contributed by atoms with van der Waals surface area (Å²) in [5.41, 5.74) is 3.34. The Morgan fingerprint density at radius 2 is 1.37 bits per heavy atom. The van der Waals surface area contributed by atoms with E-state index in [0.717, 1.165) is 36.0 Å². The number of carbonyl (C=O) groups excluding carboxylic acids is 2. The van der Waals surface area contributed by atoms with Gasteiger partial charge in [0.2, 0.25) is 8.03 Å². The molecule has 0 saturated heterocycles. The van der Waals surface area contributed by atoms with Gasteiger partial charge in [-0.25, -0.2) is 0 Å². The number of hydrogen-bond acceptors (Lipinski definition) is 4. The van der Waals surface area contributed by atoms with Gasteiger partial charge in [-0.1, -0.05) is 85.5 Å². The van der Waals surface area contributed by atoms with Crippen LogP contribution in [0.5, 0.6) is 0 Å². The normalized spacial score (nSPS) is 15.5. The van der Waals surface area contributed by atoms with Crippen LogP contribution in [-0.4, -0.2) is 27.2 Å². The lowest BCUT2D eigenvalue weighted by Crippen LogP contribution is -2.40. The van der Waals surface area contributed by atoms with Gasteiger partial charge >= 0.3 is 0 Å². The van der Waals surface area contributed by atoms with Gasteiger partial charge in [0, 0.05) is 22.0 Å². The van der Waals surface area contributed by atoms with Crippen LogP contribution in [0.4, 0.5) is 0 Å². The third-order valence-electron chi connectivity index (χ3n) is 6.45. The van der Waals surface area contributed by atoms with E-state index >= 15 is 0 Å². The average Bonchev–Trinajstić information content (AvgIpc) is 2.84. The second-order valence-electron chi connectivity index (χ2n) is 9.24. The molecule has 35 heavy (non-hydrogen) atoms. The van der Waals surface area contributed by atoms with Crippen LogP contribution in [0.15, 0.2) is 66.7 Å². The molecule has 0 bridgehead atoms. The molecule has 0 spiro atoms.